The van der Waals surface area contributed by atoms with Crippen molar-refractivity contribution in [2.45, 2.75) is 20.0 Å². The average Bonchev–Trinajstić information content (AvgIpc) is 2.72. The molecule has 0 spiro atoms. The molecule has 0 saturated heterocycles. The summed E-state index contributed by atoms with van der Waals surface area (Å²) in [6.07, 6.45) is 1.80. The van der Waals surface area contributed by atoms with E-state index in [1.165, 1.54) is 13.0 Å². The highest BCUT2D eigenvalue weighted by Gasteiger charge is 2.14. The van der Waals surface area contributed by atoms with Gasteiger partial charge in [-0.3, -0.25) is 14.4 Å². The molecule has 7 heteroatoms. The van der Waals surface area contributed by atoms with Crippen LogP contribution in [0.25, 0.3) is 6.08 Å². The molecule has 0 aliphatic carbocycles. The van der Waals surface area contributed by atoms with E-state index in [1.54, 1.807) is 48.5 Å². The Bertz CT molecular complexity index is 886. The summed E-state index contributed by atoms with van der Waals surface area (Å²) in [6, 6.07) is 13.4. The molecule has 4 N–H and O–H groups in total. The molecule has 0 heterocycles. The van der Waals surface area contributed by atoms with Gasteiger partial charge in [-0.05, 0) is 41.8 Å². The number of rotatable bonds is 9. The number of aliphatic hydroxyl groups is 2. The van der Waals surface area contributed by atoms with Crippen LogP contribution < -0.4 is 10.6 Å². The van der Waals surface area contributed by atoms with Gasteiger partial charge >= 0.3 is 0 Å². The Morgan fingerprint density at radius 3 is 2.10 bits per heavy atom. The predicted octanol–water partition coefficient (Wildman–Crippen LogP) is 1.19. The summed E-state index contributed by atoms with van der Waals surface area (Å²) in [4.78, 5) is 36.2. The Morgan fingerprint density at radius 2 is 1.55 bits per heavy atom. The van der Waals surface area contributed by atoms with Crippen LogP contribution in [-0.4, -0.2) is 41.0 Å². The van der Waals surface area contributed by atoms with Crippen LogP contribution in [0.5, 0.6) is 0 Å². The molecule has 2 aromatic rings. The number of carbonyl (C=O) groups is 3. The SMILES string of the molecule is CC(=O)Cc1ccc(C(=O)N/C(=C\c2ccc(CO)cc2)C(=O)NCCO)cc1. The maximum atomic E-state index is 12.6. The molecule has 29 heavy (non-hydrogen) atoms. The normalized spacial score (nSPS) is 11.1. The van der Waals surface area contributed by atoms with Crippen LogP contribution in [0.15, 0.2) is 54.2 Å². The number of aliphatic hydroxyl groups excluding tert-OH is 2. The highest BCUT2D eigenvalue weighted by Crippen LogP contribution is 2.11. The second-order valence-electron chi connectivity index (χ2n) is 6.47. The zero-order chi connectivity index (χ0) is 21.2. The molecular formula is C22H24N2O5. The lowest BCUT2D eigenvalue weighted by molar-refractivity contribution is -0.118. The van der Waals surface area contributed by atoms with Crippen LogP contribution in [0.3, 0.4) is 0 Å². The lowest BCUT2D eigenvalue weighted by atomic mass is 10.1. The van der Waals surface area contributed by atoms with Gasteiger partial charge in [0.25, 0.3) is 11.8 Å². The smallest absolute Gasteiger partial charge is 0.267 e. The third kappa shape index (κ3) is 6.99. The predicted molar refractivity (Wildman–Crippen MR) is 109 cm³/mol. The first-order valence-corrected chi connectivity index (χ1v) is 9.13. The molecule has 0 atom stereocenters. The maximum absolute atomic E-state index is 12.6. The van der Waals surface area contributed by atoms with Crippen LogP contribution in [0.1, 0.15) is 34.0 Å². The first-order valence-electron chi connectivity index (χ1n) is 9.13. The minimum Gasteiger partial charge on any atom is -0.395 e. The summed E-state index contributed by atoms with van der Waals surface area (Å²) in [6.45, 7) is 1.23. The van der Waals surface area contributed by atoms with Gasteiger partial charge in [-0.25, -0.2) is 0 Å². The van der Waals surface area contributed by atoms with E-state index in [4.69, 9.17) is 10.2 Å². The zero-order valence-electron chi connectivity index (χ0n) is 16.1. The standard InChI is InChI=1S/C22H24N2O5/c1-15(27)12-16-6-8-19(9-7-16)21(28)24-20(22(29)23-10-11-25)13-17-2-4-18(14-26)5-3-17/h2-9,13,25-26H,10-12,14H2,1H3,(H,23,29)(H,24,28)/b20-13-. The number of hydrogen-bond donors (Lipinski definition) is 4. The van der Waals surface area contributed by atoms with Gasteiger partial charge in [0, 0.05) is 18.5 Å². The third-order valence-electron chi connectivity index (χ3n) is 4.03. The Morgan fingerprint density at radius 1 is 0.931 bits per heavy atom. The molecule has 0 aliphatic heterocycles. The first-order chi connectivity index (χ1) is 13.9. The van der Waals surface area contributed by atoms with Crippen molar-refractivity contribution in [2.75, 3.05) is 13.2 Å². The largest absolute Gasteiger partial charge is 0.395 e. The van der Waals surface area contributed by atoms with E-state index < -0.39 is 11.8 Å². The highest BCUT2D eigenvalue weighted by molar-refractivity contribution is 6.05. The van der Waals surface area contributed by atoms with Crippen molar-refractivity contribution in [3.8, 4) is 0 Å². The van der Waals surface area contributed by atoms with Gasteiger partial charge in [-0.1, -0.05) is 36.4 Å². The summed E-state index contributed by atoms with van der Waals surface area (Å²) >= 11 is 0. The molecule has 2 aromatic carbocycles. The van der Waals surface area contributed by atoms with E-state index in [2.05, 4.69) is 10.6 Å². The lowest BCUT2D eigenvalue weighted by Gasteiger charge is -2.11. The van der Waals surface area contributed by atoms with E-state index in [9.17, 15) is 14.4 Å². The molecule has 0 aliphatic rings. The van der Waals surface area contributed by atoms with Gasteiger partial charge < -0.3 is 20.8 Å². The molecule has 2 rings (SSSR count). The fraction of sp³-hybridized carbons (Fsp3) is 0.227. The fourth-order valence-electron chi connectivity index (χ4n) is 2.56. The summed E-state index contributed by atoms with van der Waals surface area (Å²) in [5.74, 6) is -0.983. The summed E-state index contributed by atoms with van der Waals surface area (Å²) < 4.78 is 0. The Hall–Kier alpha value is -3.29. The number of ketones is 1. The monoisotopic (exact) mass is 396 g/mol. The maximum Gasteiger partial charge on any atom is 0.267 e. The molecular weight excluding hydrogens is 372 g/mol. The molecule has 0 fully saturated rings. The number of benzene rings is 2. The quantitative estimate of drug-likeness (QED) is 0.475. The fourth-order valence-corrected chi connectivity index (χ4v) is 2.56. The molecule has 7 nitrogen and oxygen atoms in total. The van der Waals surface area contributed by atoms with Crippen LogP contribution in [0, 0.1) is 0 Å². The van der Waals surface area contributed by atoms with Gasteiger partial charge in [0.05, 0.1) is 13.2 Å². The average molecular weight is 396 g/mol. The second-order valence-corrected chi connectivity index (χ2v) is 6.47. The van der Waals surface area contributed by atoms with Crippen LogP contribution >= 0.6 is 0 Å². The van der Waals surface area contributed by atoms with Gasteiger partial charge in [0.1, 0.15) is 11.5 Å². The third-order valence-corrected chi connectivity index (χ3v) is 4.03. The van der Waals surface area contributed by atoms with Crippen LogP contribution in [0.2, 0.25) is 0 Å². The van der Waals surface area contributed by atoms with Crippen molar-refractivity contribution in [3.05, 3.63) is 76.5 Å². The molecule has 152 valence electrons. The van der Waals surface area contributed by atoms with E-state index in [0.717, 1.165) is 11.1 Å². The van der Waals surface area contributed by atoms with Gasteiger partial charge in [0.2, 0.25) is 0 Å². The van der Waals surface area contributed by atoms with Crippen LogP contribution in [0.4, 0.5) is 0 Å². The highest BCUT2D eigenvalue weighted by atomic mass is 16.3. The minimum atomic E-state index is -0.535. The van der Waals surface area contributed by atoms with E-state index in [0.29, 0.717) is 17.5 Å². The molecule has 0 unspecified atom stereocenters. The van der Waals surface area contributed by atoms with Gasteiger partial charge in [-0.2, -0.15) is 0 Å². The van der Waals surface area contributed by atoms with E-state index in [-0.39, 0.29) is 31.2 Å². The summed E-state index contributed by atoms with van der Waals surface area (Å²) in [5, 5.41) is 23.2. The zero-order valence-corrected chi connectivity index (χ0v) is 16.1. The molecule has 0 radical (unpaired) electrons. The van der Waals surface area contributed by atoms with Crippen LogP contribution in [-0.2, 0) is 22.6 Å². The number of Topliss-reactive ketones (excluding diaryl/α,β-unsaturated/α-hetero) is 1. The van der Waals surface area contributed by atoms with Crippen molar-refractivity contribution >= 4 is 23.7 Å². The van der Waals surface area contributed by atoms with Crippen molar-refractivity contribution in [1.82, 2.24) is 10.6 Å². The second kappa shape index (κ2) is 10.9. The Labute approximate surface area is 169 Å². The van der Waals surface area contributed by atoms with Crippen molar-refractivity contribution < 1.29 is 24.6 Å². The van der Waals surface area contributed by atoms with Gasteiger partial charge in [0.15, 0.2) is 0 Å². The summed E-state index contributed by atoms with van der Waals surface area (Å²) in [5.41, 5.74) is 2.55. The van der Waals surface area contributed by atoms with Crippen molar-refractivity contribution in [3.63, 3.8) is 0 Å². The van der Waals surface area contributed by atoms with E-state index >= 15 is 0 Å². The summed E-state index contributed by atoms with van der Waals surface area (Å²) in [7, 11) is 0. The Balaban J connectivity index is 2.21. The topological polar surface area (TPSA) is 116 Å². The number of hydrogen-bond acceptors (Lipinski definition) is 5. The molecule has 0 aromatic heterocycles. The molecule has 0 saturated carbocycles. The lowest BCUT2D eigenvalue weighted by Crippen LogP contribution is -2.36. The number of nitrogens with one attached hydrogen (secondary N) is 2. The molecule has 2 amide bonds. The molecule has 0 bridgehead atoms. The van der Waals surface area contributed by atoms with Crippen molar-refractivity contribution in [1.29, 1.82) is 0 Å². The Kier molecular flexibility index (Phi) is 8.27. The van der Waals surface area contributed by atoms with Crippen molar-refractivity contribution in [2.24, 2.45) is 0 Å². The van der Waals surface area contributed by atoms with Gasteiger partial charge in [-0.15, -0.1) is 0 Å². The number of amides is 2. The number of carbonyl (C=O) groups excluding carboxylic acids is 3. The first kappa shape index (κ1) is 22.0. The minimum absolute atomic E-state index is 0.0213. The van der Waals surface area contributed by atoms with E-state index in [1.807, 2.05) is 0 Å².